The number of likely N-dealkylation sites (tertiary alicyclic amines) is 1. The molecular weight excluding hydrogens is 393 g/mol. The molecule has 0 unspecified atom stereocenters. The van der Waals surface area contributed by atoms with Crippen LogP contribution in [0.4, 0.5) is 4.39 Å². The van der Waals surface area contributed by atoms with E-state index in [4.69, 9.17) is 0 Å². The van der Waals surface area contributed by atoms with Crippen molar-refractivity contribution in [1.82, 2.24) is 14.3 Å². The van der Waals surface area contributed by atoms with Crippen molar-refractivity contribution in [2.75, 3.05) is 19.7 Å². The Morgan fingerprint density at radius 3 is 2.52 bits per heavy atom. The van der Waals surface area contributed by atoms with E-state index in [1.54, 1.807) is 16.8 Å². The number of benzene rings is 2. The summed E-state index contributed by atoms with van der Waals surface area (Å²) in [5.41, 5.74) is 2.77. The van der Waals surface area contributed by atoms with Gasteiger partial charge in [-0.2, -0.15) is 0 Å². The highest BCUT2D eigenvalue weighted by atomic mass is 19.1. The molecule has 2 aromatic carbocycles. The van der Waals surface area contributed by atoms with E-state index < -0.39 is 5.41 Å². The summed E-state index contributed by atoms with van der Waals surface area (Å²) in [5, 5.41) is 10.3. The first kappa shape index (κ1) is 21.5. The summed E-state index contributed by atoms with van der Waals surface area (Å²) in [6, 6.07) is 16.4. The lowest BCUT2D eigenvalue weighted by Crippen LogP contribution is -2.46. The molecule has 31 heavy (non-hydrogen) atoms. The Balaban J connectivity index is 1.59. The van der Waals surface area contributed by atoms with E-state index in [1.807, 2.05) is 55.1 Å². The lowest BCUT2D eigenvalue weighted by atomic mass is 9.75. The standard InChI is InChI=1S/C25H30FN3O2/c1-19-22(24(31)29(27(19)2)21-10-4-3-5-11-21)16-28-14-8-13-25(17-28,18-30)15-20-9-6-7-12-23(20)26/h3-7,9-12,30H,8,13-18H2,1-2H3/t25-/m0/s1. The number of rotatable bonds is 6. The van der Waals surface area contributed by atoms with Crippen molar-refractivity contribution in [2.45, 2.75) is 32.7 Å². The molecule has 6 heteroatoms. The van der Waals surface area contributed by atoms with Gasteiger partial charge in [-0.1, -0.05) is 36.4 Å². The van der Waals surface area contributed by atoms with Gasteiger partial charge in [0.05, 0.1) is 17.9 Å². The van der Waals surface area contributed by atoms with Gasteiger partial charge < -0.3 is 5.11 Å². The van der Waals surface area contributed by atoms with Gasteiger partial charge in [0.2, 0.25) is 0 Å². The third-order valence-electron chi connectivity index (χ3n) is 6.65. The first-order valence-electron chi connectivity index (χ1n) is 10.8. The Morgan fingerprint density at radius 1 is 1.10 bits per heavy atom. The van der Waals surface area contributed by atoms with Gasteiger partial charge in [0, 0.05) is 31.2 Å². The van der Waals surface area contributed by atoms with Gasteiger partial charge >= 0.3 is 0 Å². The summed E-state index contributed by atoms with van der Waals surface area (Å²) in [5.74, 6) is -0.225. The predicted molar refractivity (Wildman–Crippen MR) is 120 cm³/mol. The van der Waals surface area contributed by atoms with Gasteiger partial charge in [0.15, 0.2) is 0 Å². The van der Waals surface area contributed by atoms with Gasteiger partial charge in [0.25, 0.3) is 5.56 Å². The van der Waals surface area contributed by atoms with Gasteiger partial charge in [-0.05, 0) is 56.5 Å². The van der Waals surface area contributed by atoms with Gasteiger partial charge in [0.1, 0.15) is 5.82 Å². The highest BCUT2D eigenvalue weighted by Crippen LogP contribution is 2.34. The fourth-order valence-electron chi connectivity index (χ4n) is 4.85. The molecule has 0 bridgehead atoms. The lowest BCUT2D eigenvalue weighted by molar-refractivity contribution is 0.0281. The summed E-state index contributed by atoms with van der Waals surface area (Å²) in [6.45, 7) is 3.99. The van der Waals surface area contributed by atoms with Crippen LogP contribution in [-0.2, 0) is 20.0 Å². The molecule has 0 radical (unpaired) electrons. The molecule has 1 N–H and O–H groups in total. The van der Waals surface area contributed by atoms with Crippen molar-refractivity contribution in [3.8, 4) is 5.69 Å². The molecule has 0 aliphatic carbocycles. The number of para-hydroxylation sites is 1. The summed E-state index contributed by atoms with van der Waals surface area (Å²) in [7, 11) is 1.90. The molecule has 164 valence electrons. The molecule has 1 saturated heterocycles. The van der Waals surface area contributed by atoms with Crippen LogP contribution in [-0.4, -0.2) is 39.1 Å². The molecule has 1 atom stereocenters. The summed E-state index contributed by atoms with van der Waals surface area (Å²) in [4.78, 5) is 15.5. The van der Waals surface area contributed by atoms with Crippen LogP contribution in [0.25, 0.3) is 5.69 Å². The summed E-state index contributed by atoms with van der Waals surface area (Å²) in [6.07, 6.45) is 2.25. The molecule has 1 aliphatic heterocycles. The van der Waals surface area contributed by atoms with E-state index >= 15 is 0 Å². The molecule has 4 rings (SSSR count). The highest BCUT2D eigenvalue weighted by molar-refractivity contribution is 5.33. The van der Waals surface area contributed by atoms with Crippen molar-refractivity contribution >= 4 is 0 Å². The molecule has 0 amide bonds. The van der Waals surface area contributed by atoms with E-state index in [0.717, 1.165) is 36.3 Å². The van der Waals surface area contributed by atoms with Crippen LogP contribution in [0.15, 0.2) is 59.4 Å². The average Bonchev–Trinajstić information content (AvgIpc) is 2.99. The van der Waals surface area contributed by atoms with Crippen LogP contribution in [0.5, 0.6) is 0 Å². The molecule has 1 fully saturated rings. The smallest absolute Gasteiger partial charge is 0.276 e. The second-order valence-corrected chi connectivity index (χ2v) is 8.78. The Bertz CT molecular complexity index is 1110. The molecule has 2 heterocycles. The largest absolute Gasteiger partial charge is 0.396 e. The second kappa shape index (κ2) is 8.81. The number of aliphatic hydroxyl groups excluding tert-OH is 1. The number of halogens is 1. The van der Waals surface area contributed by atoms with Crippen molar-refractivity contribution in [1.29, 1.82) is 0 Å². The minimum Gasteiger partial charge on any atom is -0.396 e. The third kappa shape index (κ3) is 4.23. The zero-order valence-corrected chi connectivity index (χ0v) is 18.2. The molecule has 1 aliphatic rings. The molecule has 0 spiro atoms. The molecule has 0 saturated carbocycles. The van der Waals surface area contributed by atoms with Crippen LogP contribution >= 0.6 is 0 Å². The van der Waals surface area contributed by atoms with Crippen molar-refractivity contribution in [2.24, 2.45) is 12.5 Å². The fourth-order valence-corrected chi connectivity index (χ4v) is 4.85. The first-order chi connectivity index (χ1) is 14.9. The first-order valence-corrected chi connectivity index (χ1v) is 10.8. The van der Waals surface area contributed by atoms with E-state index in [9.17, 15) is 14.3 Å². The van der Waals surface area contributed by atoms with Crippen LogP contribution in [0, 0.1) is 18.2 Å². The van der Waals surface area contributed by atoms with Crippen molar-refractivity contribution < 1.29 is 9.50 Å². The van der Waals surface area contributed by atoms with Gasteiger partial charge in [-0.15, -0.1) is 0 Å². The molecule has 3 aromatic rings. The van der Waals surface area contributed by atoms with E-state index in [2.05, 4.69) is 4.90 Å². The van der Waals surface area contributed by atoms with Crippen LogP contribution in [0.1, 0.15) is 29.7 Å². The van der Waals surface area contributed by atoms with Crippen molar-refractivity contribution in [3.05, 3.63) is 87.6 Å². The predicted octanol–water partition coefficient (Wildman–Crippen LogP) is 3.44. The number of nitrogens with zero attached hydrogens (tertiary/aromatic N) is 3. The summed E-state index contributed by atoms with van der Waals surface area (Å²) < 4.78 is 17.9. The number of hydrogen-bond donors (Lipinski definition) is 1. The number of piperidine rings is 1. The SMILES string of the molecule is Cc1c(CN2CCC[C@](CO)(Cc3ccccc3F)C2)c(=O)n(-c2ccccc2)n1C. The monoisotopic (exact) mass is 423 g/mol. The second-order valence-electron chi connectivity index (χ2n) is 8.78. The average molecular weight is 424 g/mol. The molecule has 1 aromatic heterocycles. The van der Waals surface area contributed by atoms with Gasteiger partial charge in [-0.3, -0.25) is 14.4 Å². The Morgan fingerprint density at radius 2 is 1.81 bits per heavy atom. The van der Waals surface area contributed by atoms with Crippen molar-refractivity contribution in [3.63, 3.8) is 0 Å². The van der Waals surface area contributed by atoms with Crippen LogP contribution in [0.2, 0.25) is 0 Å². The molecular formula is C25H30FN3O2. The van der Waals surface area contributed by atoms with Crippen LogP contribution in [0.3, 0.4) is 0 Å². The minimum absolute atomic E-state index is 0.000145. The quantitative estimate of drug-likeness (QED) is 0.661. The van der Waals surface area contributed by atoms with E-state index in [-0.39, 0.29) is 18.0 Å². The number of hydrogen-bond acceptors (Lipinski definition) is 3. The minimum atomic E-state index is -0.401. The highest BCUT2D eigenvalue weighted by Gasteiger charge is 2.36. The summed E-state index contributed by atoms with van der Waals surface area (Å²) >= 11 is 0. The zero-order chi connectivity index (χ0) is 22.0. The lowest BCUT2D eigenvalue weighted by Gasteiger charge is -2.42. The molecule has 5 nitrogen and oxygen atoms in total. The van der Waals surface area contributed by atoms with Crippen LogP contribution < -0.4 is 5.56 Å². The zero-order valence-electron chi connectivity index (χ0n) is 18.2. The normalized spacial score (nSPS) is 19.6. The topological polar surface area (TPSA) is 50.4 Å². The maximum atomic E-state index is 14.3. The third-order valence-corrected chi connectivity index (χ3v) is 6.65. The van der Waals surface area contributed by atoms with E-state index in [1.165, 1.54) is 6.07 Å². The Kier molecular flexibility index (Phi) is 6.12. The Hall–Kier alpha value is -2.70. The van der Waals surface area contributed by atoms with Gasteiger partial charge in [-0.25, -0.2) is 9.07 Å². The Labute approximate surface area is 182 Å². The maximum absolute atomic E-state index is 14.3. The van der Waals surface area contributed by atoms with E-state index in [0.29, 0.717) is 25.1 Å². The fraction of sp³-hybridized carbons (Fsp3) is 0.400. The number of aliphatic hydroxyl groups is 1. The maximum Gasteiger partial charge on any atom is 0.276 e. The number of aromatic nitrogens is 2.